The summed E-state index contributed by atoms with van der Waals surface area (Å²) >= 11 is 0. The molecule has 1 fully saturated rings. The van der Waals surface area contributed by atoms with Crippen LogP contribution in [0.3, 0.4) is 0 Å². The zero-order valence-electron chi connectivity index (χ0n) is 12.1. The van der Waals surface area contributed by atoms with Crippen molar-refractivity contribution in [1.82, 2.24) is 5.32 Å². The molecular weight excluding hydrogens is 270 g/mol. The average Bonchev–Trinajstić information content (AvgIpc) is 2.67. The van der Waals surface area contributed by atoms with Gasteiger partial charge in [0.25, 0.3) is 5.91 Å². The fourth-order valence-corrected chi connectivity index (χ4v) is 2.85. The second-order valence-corrected chi connectivity index (χ2v) is 5.68. The molecule has 1 aliphatic rings. The summed E-state index contributed by atoms with van der Waals surface area (Å²) in [6.45, 7) is 1.84. The number of nitrogens with one attached hydrogen (secondary N) is 1. The first-order chi connectivity index (χ1) is 9.99. The molecule has 114 valence electrons. The molecule has 2 unspecified atom stereocenters. The Bertz CT molecular complexity index is 541. The predicted molar refractivity (Wildman–Crippen MR) is 78.3 cm³/mol. The normalized spacial score (nSPS) is 22.3. The van der Waals surface area contributed by atoms with Crippen LogP contribution in [0.4, 0.5) is 0 Å². The standard InChI is InChI=1S/C16H21NO4/c1-10-7-8-14(18)12(9-10)15(19)17-13-6-4-2-3-5-11(13)16(20)21/h7-9,11,13,18H,2-6H2,1H3,(H,17,19)(H,20,21). The monoisotopic (exact) mass is 291 g/mol. The van der Waals surface area contributed by atoms with Crippen LogP contribution in [0.2, 0.25) is 0 Å². The van der Waals surface area contributed by atoms with E-state index in [2.05, 4.69) is 5.32 Å². The van der Waals surface area contributed by atoms with E-state index >= 15 is 0 Å². The molecule has 5 heteroatoms. The lowest BCUT2D eigenvalue weighted by atomic mass is 9.94. The number of hydrogen-bond acceptors (Lipinski definition) is 3. The van der Waals surface area contributed by atoms with E-state index in [1.54, 1.807) is 12.1 Å². The fourth-order valence-electron chi connectivity index (χ4n) is 2.85. The maximum Gasteiger partial charge on any atom is 0.308 e. The van der Waals surface area contributed by atoms with Gasteiger partial charge in [0, 0.05) is 6.04 Å². The molecule has 1 aliphatic carbocycles. The van der Waals surface area contributed by atoms with Crippen LogP contribution in [0.5, 0.6) is 5.75 Å². The van der Waals surface area contributed by atoms with Gasteiger partial charge in [0.15, 0.2) is 0 Å². The van der Waals surface area contributed by atoms with Gasteiger partial charge in [0.2, 0.25) is 0 Å². The van der Waals surface area contributed by atoms with Crippen LogP contribution < -0.4 is 5.32 Å². The SMILES string of the molecule is Cc1ccc(O)c(C(=O)NC2CCCCCC2C(=O)O)c1. The molecule has 0 bridgehead atoms. The molecule has 2 rings (SSSR count). The summed E-state index contributed by atoms with van der Waals surface area (Å²) in [4.78, 5) is 23.7. The molecule has 21 heavy (non-hydrogen) atoms. The van der Waals surface area contributed by atoms with Crippen molar-refractivity contribution in [3.8, 4) is 5.75 Å². The molecule has 5 nitrogen and oxygen atoms in total. The highest BCUT2D eigenvalue weighted by Crippen LogP contribution is 2.25. The average molecular weight is 291 g/mol. The van der Waals surface area contributed by atoms with Crippen molar-refractivity contribution in [3.63, 3.8) is 0 Å². The molecule has 1 amide bonds. The summed E-state index contributed by atoms with van der Waals surface area (Å²) in [5.41, 5.74) is 1.07. The zero-order chi connectivity index (χ0) is 15.4. The Morgan fingerprint density at radius 2 is 1.90 bits per heavy atom. The number of carboxylic acids is 1. The van der Waals surface area contributed by atoms with Gasteiger partial charge in [-0.25, -0.2) is 0 Å². The van der Waals surface area contributed by atoms with Gasteiger partial charge in [-0.15, -0.1) is 0 Å². The second kappa shape index (κ2) is 6.61. The number of carbonyl (C=O) groups is 2. The van der Waals surface area contributed by atoms with E-state index in [1.807, 2.05) is 6.92 Å². The van der Waals surface area contributed by atoms with Crippen LogP contribution in [0.15, 0.2) is 18.2 Å². The van der Waals surface area contributed by atoms with Gasteiger partial charge in [0.1, 0.15) is 5.75 Å². The largest absolute Gasteiger partial charge is 0.507 e. The van der Waals surface area contributed by atoms with E-state index in [-0.39, 0.29) is 17.4 Å². The van der Waals surface area contributed by atoms with Crippen molar-refractivity contribution in [2.75, 3.05) is 0 Å². The number of benzene rings is 1. The molecule has 0 heterocycles. The Balaban J connectivity index is 2.16. The minimum Gasteiger partial charge on any atom is -0.507 e. The first-order valence-electron chi connectivity index (χ1n) is 7.32. The van der Waals surface area contributed by atoms with Crippen LogP contribution in [0.25, 0.3) is 0 Å². The highest BCUT2D eigenvalue weighted by atomic mass is 16.4. The second-order valence-electron chi connectivity index (χ2n) is 5.68. The molecule has 2 atom stereocenters. The maximum atomic E-state index is 12.3. The van der Waals surface area contributed by atoms with Gasteiger partial charge in [-0.2, -0.15) is 0 Å². The lowest BCUT2D eigenvalue weighted by Crippen LogP contribution is -2.42. The van der Waals surface area contributed by atoms with Crippen molar-refractivity contribution >= 4 is 11.9 Å². The Labute approximate surface area is 124 Å². The van der Waals surface area contributed by atoms with E-state index in [0.29, 0.717) is 12.8 Å². The zero-order valence-corrected chi connectivity index (χ0v) is 12.1. The number of amides is 1. The molecule has 1 saturated carbocycles. The van der Waals surface area contributed by atoms with Gasteiger partial charge in [0.05, 0.1) is 11.5 Å². The Kier molecular flexibility index (Phi) is 4.83. The number of aromatic hydroxyl groups is 1. The molecule has 3 N–H and O–H groups in total. The summed E-state index contributed by atoms with van der Waals surface area (Å²) in [6.07, 6.45) is 4.02. The fraction of sp³-hybridized carbons (Fsp3) is 0.500. The highest BCUT2D eigenvalue weighted by Gasteiger charge is 2.31. The van der Waals surface area contributed by atoms with E-state index in [4.69, 9.17) is 0 Å². The summed E-state index contributed by atoms with van der Waals surface area (Å²) in [7, 11) is 0. The van der Waals surface area contributed by atoms with Gasteiger partial charge in [-0.1, -0.05) is 30.9 Å². The number of aryl methyl sites for hydroxylation is 1. The highest BCUT2D eigenvalue weighted by molar-refractivity contribution is 5.97. The predicted octanol–water partition coefficient (Wildman–Crippen LogP) is 2.46. The molecular formula is C16H21NO4. The summed E-state index contributed by atoms with van der Waals surface area (Å²) in [5.74, 6) is -1.91. The van der Waals surface area contributed by atoms with E-state index in [1.165, 1.54) is 6.07 Å². The van der Waals surface area contributed by atoms with Gasteiger partial charge < -0.3 is 15.5 Å². The van der Waals surface area contributed by atoms with Crippen molar-refractivity contribution < 1.29 is 19.8 Å². The van der Waals surface area contributed by atoms with Crippen LogP contribution in [0, 0.1) is 12.8 Å². The van der Waals surface area contributed by atoms with E-state index in [9.17, 15) is 19.8 Å². The number of rotatable bonds is 3. The molecule has 0 radical (unpaired) electrons. The third-order valence-corrected chi connectivity index (χ3v) is 4.05. The summed E-state index contributed by atoms with van der Waals surface area (Å²) in [5, 5.41) is 21.9. The van der Waals surface area contributed by atoms with Gasteiger partial charge in [-0.3, -0.25) is 9.59 Å². The number of phenols is 1. The third kappa shape index (κ3) is 3.74. The van der Waals surface area contributed by atoms with E-state index < -0.39 is 17.8 Å². The Hall–Kier alpha value is -2.04. The number of phenolic OH excluding ortho intramolecular Hbond substituents is 1. The summed E-state index contributed by atoms with van der Waals surface area (Å²) in [6, 6.07) is 4.43. The molecule has 0 aromatic heterocycles. The van der Waals surface area contributed by atoms with Crippen LogP contribution in [0.1, 0.15) is 48.0 Å². The quantitative estimate of drug-likeness (QED) is 0.747. The van der Waals surface area contributed by atoms with Crippen LogP contribution >= 0.6 is 0 Å². The molecule has 0 aliphatic heterocycles. The number of hydrogen-bond donors (Lipinski definition) is 3. The maximum absolute atomic E-state index is 12.3. The molecule has 0 saturated heterocycles. The Morgan fingerprint density at radius 3 is 2.62 bits per heavy atom. The summed E-state index contributed by atoms with van der Waals surface area (Å²) < 4.78 is 0. The van der Waals surface area contributed by atoms with Crippen molar-refractivity contribution in [3.05, 3.63) is 29.3 Å². The smallest absolute Gasteiger partial charge is 0.308 e. The lowest BCUT2D eigenvalue weighted by Gasteiger charge is -2.23. The Morgan fingerprint density at radius 1 is 1.19 bits per heavy atom. The van der Waals surface area contributed by atoms with Crippen molar-refractivity contribution in [2.45, 2.75) is 45.1 Å². The topological polar surface area (TPSA) is 86.6 Å². The molecule has 1 aromatic carbocycles. The molecule has 0 spiro atoms. The van der Waals surface area contributed by atoms with Gasteiger partial charge >= 0.3 is 5.97 Å². The minimum atomic E-state index is -0.865. The number of aliphatic carboxylic acids is 1. The molecule has 1 aromatic rings. The first-order valence-corrected chi connectivity index (χ1v) is 7.32. The minimum absolute atomic E-state index is 0.0846. The number of carbonyl (C=O) groups excluding carboxylic acids is 1. The third-order valence-electron chi connectivity index (χ3n) is 4.05. The van der Waals surface area contributed by atoms with E-state index in [0.717, 1.165) is 24.8 Å². The lowest BCUT2D eigenvalue weighted by molar-refractivity contribution is -0.142. The van der Waals surface area contributed by atoms with Crippen LogP contribution in [-0.4, -0.2) is 28.1 Å². The van der Waals surface area contributed by atoms with Gasteiger partial charge in [-0.05, 0) is 31.9 Å². The van der Waals surface area contributed by atoms with Crippen LogP contribution in [-0.2, 0) is 4.79 Å². The van der Waals surface area contributed by atoms with Crippen molar-refractivity contribution in [1.29, 1.82) is 0 Å². The van der Waals surface area contributed by atoms with Crippen molar-refractivity contribution in [2.24, 2.45) is 5.92 Å². The number of carboxylic acid groups (broad SMARTS) is 1. The first kappa shape index (κ1) is 15.4.